The van der Waals surface area contributed by atoms with Crippen LogP contribution in [0.4, 0.5) is 11.4 Å². The van der Waals surface area contributed by atoms with Crippen molar-refractivity contribution in [2.24, 2.45) is 5.92 Å². The Balaban J connectivity index is 2.27. The fourth-order valence-electron chi connectivity index (χ4n) is 1.86. The first kappa shape index (κ1) is 13.2. The van der Waals surface area contributed by atoms with Gasteiger partial charge in [0.2, 0.25) is 0 Å². The SMILES string of the molecule is CC(C)C(Nc1cccc(Cl)c1N)c1cccs1. The monoisotopic (exact) mass is 280 g/mol. The number of para-hydroxylation sites is 1. The third-order valence-electron chi connectivity index (χ3n) is 2.88. The number of benzene rings is 1. The first-order chi connectivity index (χ1) is 8.59. The molecule has 0 saturated heterocycles. The highest BCUT2D eigenvalue weighted by molar-refractivity contribution is 7.10. The Labute approximate surface area is 117 Å². The van der Waals surface area contributed by atoms with Crippen molar-refractivity contribution >= 4 is 34.3 Å². The molecular formula is C14H17ClN2S. The molecule has 1 unspecified atom stereocenters. The van der Waals surface area contributed by atoms with Crippen molar-refractivity contribution < 1.29 is 0 Å². The summed E-state index contributed by atoms with van der Waals surface area (Å²) in [6.07, 6.45) is 0. The van der Waals surface area contributed by atoms with E-state index in [9.17, 15) is 0 Å². The fourth-order valence-corrected chi connectivity index (χ4v) is 2.99. The first-order valence-corrected chi connectivity index (χ1v) is 7.19. The summed E-state index contributed by atoms with van der Waals surface area (Å²) < 4.78 is 0. The van der Waals surface area contributed by atoms with E-state index in [1.54, 1.807) is 17.4 Å². The average Bonchev–Trinajstić information content (AvgIpc) is 2.84. The number of hydrogen-bond donors (Lipinski definition) is 2. The molecule has 4 heteroatoms. The fraction of sp³-hybridized carbons (Fsp3) is 0.286. The van der Waals surface area contributed by atoms with Gasteiger partial charge in [-0.1, -0.05) is 37.6 Å². The van der Waals surface area contributed by atoms with E-state index in [1.165, 1.54) is 4.88 Å². The van der Waals surface area contributed by atoms with Crippen molar-refractivity contribution in [3.8, 4) is 0 Å². The Hall–Kier alpha value is -1.19. The highest BCUT2D eigenvalue weighted by atomic mass is 35.5. The van der Waals surface area contributed by atoms with Crippen molar-refractivity contribution in [2.75, 3.05) is 11.1 Å². The van der Waals surface area contributed by atoms with E-state index in [4.69, 9.17) is 17.3 Å². The van der Waals surface area contributed by atoms with Gasteiger partial charge in [0.05, 0.1) is 22.4 Å². The lowest BCUT2D eigenvalue weighted by Crippen LogP contribution is -2.16. The van der Waals surface area contributed by atoms with E-state index in [-0.39, 0.29) is 6.04 Å². The Kier molecular flexibility index (Phi) is 4.15. The molecule has 96 valence electrons. The van der Waals surface area contributed by atoms with Gasteiger partial charge in [-0.2, -0.15) is 0 Å². The van der Waals surface area contributed by atoms with E-state index < -0.39 is 0 Å². The van der Waals surface area contributed by atoms with Gasteiger partial charge in [0.1, 0.15) is 0 Å². The zero-order valence-corrected chi connectivity index (χ0v) is 12.1. The minimum absolute atomic E-state index is 0.255. The summed E-state index contributed by atoms with van der Waals surface area (Å²) >= 11 is 7.79. The van der Waals surface area contributed by atoms with E-state index in [0.29, 0.717) is 16.6 Å². The molecule has 0 aliphatic heterocycles. The number of nitrogens with one attached hydrogen (secondary N) is 1. The highest BCUT2D eigenvalue weighted by Gasteiger charge is 2.17. The van der Waals surface area contributed by atoms with Crippen LogP contribution in [-0.4, -0.2) is 0 Å². The third-order valence-corrected chi connectivity index (χ3v) is 4.17. The van der Waals surface area contributed by atoms with E-state index in [0.717, 1.165) is 5.69 Å². The molecule has 0 aliphatic rings. The zero-order valence-electron chi connectivity index (χ0n) is 10.5. The molecule has 1 aromatic carbocycles. The molecule has 0 bridgehead atoms. The standard InChI is InChI=1S/C14H17ClN2S/c1-9(2)14(12-7-4-8-18-12)17-11-6-3-5-10(15)13(11)16/h3-9,14,17H,16H2,1-2H3. The van der Waals surface area contributed by atoms with Crippen LogP contribution in [0.1, 0.15) is 24.8 Å². The van der Waals surface area contributed by atoms with Gasteiger partial charge in [0.25, 0.3) is 0 Å². The van der Waals surface area contributed by atoms with Crippen LogP contribution in [0.3, 0.4) is 0 Å². The second-order valence-electron chi connectivity index (χ2n) is 4.58. The van der Waals surface area contributed by atoms with Gasteiger partial charge in [0, 0.05) is 4.88 Å². The van der Waals surface area contributed by atoms with Gasteiger partial charge in [-0.3, -0.25) is 0 Å². The molecule has 1 heterocycles. The zero-order chi connectivity index (χ0) is 13.1. The van der Waals surface area contributed by atoms with Crippen LogP contribution in [0.5, 0.6) is 0 Å². The number of nitrogens with two attached hydrogens (primary N) is 1. The average molecular weight is 281 g/mol. The normalized spacial score (nSPS) is 12.7. The first-order valence-electron chi connectivity index (χ1n) is 5.93. The molecule has 1 aromatic heterocycles. The van der Waals surface area contributed by atoms with E-state index >= 15 is 0 Å². The van der Waals surface area contributed by atoms with Crippen LogP contribution in [0.25, 0.3) is 0 Å². The third kappa shape index (κ3) is 2.79. The smallest absolute Gasteiger partial charge is 0.0739 e. The van der Waals surface area contributed by atoms with Crippen LogP contribution in [0, 0.1) is 5.92 Å². The molecule has 3 N–H and O–H groups in total. The van der Waals surface area contributed by atoms with Crippen molar-refractivity contribution in [1.29, 1.82) is 0 Å². The maximum absolute atomic E-state index is 6.04. The van der Waals surface area contributed by atoms with Crippen LogP contribution in [0.15, 0.2) is 35.7 Å². The molecule has 2 aromatic rings. The number of halogens is 1. The Morgan fingerprint density at radius 3 is 2.61 bits per heavy atom. The van der Waals surface area contributed by atoms with Gasteiger partial charge in [-0.15, -0.1) is 11.3 Å². The quantitative estimate of drug-likeness (QED) is 0.790. The summed E-state index contributed by atoms with van der Waals surface area (Å²) in [6.45, 7) is 4.39. The Morgan fingerprint density at radius 2 is 2.00 bits per heavy atom. The van der Waals surface area contributed by atoms with Gasteiger partial charge < -0.3 is 11.1 Å². The number of nitrogen functional groups attached to an aromatic ring is 1. The van der Waals surface area contributed by atoms with Crippen LogP contribution in [-0.2, 0) is 0 Å². The minimum Gasteiger partial charge on any atom is -0.396 e. The van der Waals surface area contributed by atoms with Gasteiger partial charge >= 0.3 is 0 Å². The van der Waals surface area contributed by atoms with Crippen molar-refractivity contribution in [1.82, 2.24) is 0 Å². The van der Waals surface area contributed by atoms with Gasteiger partial charge in [-0.25, -0.2) is 0 Å². The summed E-state index contributed by atoms with van der Waals surface area (Å²) in [4.78, 5) is 1.31. The molecule has 0 fully saturated rings. The molecule has 18 heavy (non-hydrogen) atoms. The lowest BCUT2D eigenvalue weighted by atomic mass is 10.0. The van der Waals surface area contributed by atoms with Crippen LogP contribution < -0.4 is 11.1 Å². The summed E-state index contributed by atoms with van der Waals surface area (Å²) in [6, 6.07) is 10.1. The highest BCUT2D eigenvalue weighted by Crippen LogP contribution is 2.34. The van der Waals surface area contributed by atoms with Gasteiger partial charge in [-0.05, 0) is 29.5 Å². The van der Waals surface area contributed by atoms with E-state index in [2.05, 4.69) is 36.7 Å². The maximum atomic E-state index is 6.04. The largest absolute Gasteiger partial charge is 0.396 e. The minimum atomic E-state index is 0.255. The molecule has 0 aliphatic carbocycles. The second-order valence-corrected chi connectivity index (χ2v) is 5.97. The molecule has 0 radical (unpaired) electrons. The van der Waals surface area contributed by atoms with Crippen molar-refractivity contribution in [3.63, 3.8) is 0 Å². The summed E-state index contributed by atoms with van der Waals surface area (Å²) in [5.74, 6) is 0.474. The number of thiophene rings is 1. The second kappa shape index (κ2) is 5.63. The number of anilines is 2. The lowest BCUT2D eigenvalue weighted by molar-refractivity contribution is 0.554. The number of rotatable bonds is 4. The molecule has 2 nitrogen and oxygen atoms in total. The Morgan fingerprint density at radius 1 is 1.22 bits per heavy atom. The predicted octanol–water partition coefficient (Wildman–Crippen LogP) is 4.79. The Bertz CT molecular complexity index is 509. The molecule has 2 rings (SSSR count). The van der Waals surface area contributed by atoms with E-state index in [1.807, 2.05) is 12.1 Å². The summed E-state index contributed by atoms with van der Waals surface area (Å²) in [5.41, 5.74) is 7.50. The summed E-state index contributed by atoms with van der Waals surface area (Å²) in [7, 11) is 0. The molecule has 0 amide bonds. The molecule has 0 spiro atoms. The molecule has 0 saturated carbocycles. The topological polar surface area (TPSA) is 38.0 Å². The lowest BCUT2D eigenvalue weighted by Gasteiger charge is -2.23. The summed E-state index contributed by atoms with van der Waals surface area (Å²) in [5, 5.41) is 6.17. The van der Waals surface area contributed by atoms with Crippen molar-refractivity contribution in [3.05, 3.63) is 45.6 Å². The van der Waals surface area contributed by atoms with Crippen molar-refractivity contribution in [2.45, 2.75) is 19.9 Å². The maximum Gasteiger partial charge on any atom is 0.0739 e. The predicted molar refractivity (Wildman–Crippen MR) is 81.4 cm³/mol. The molecule has 1 atom stereocenters. The molecular weight excluding hydrogens is 264 g/mol. The van der Waals surface area contributed by atoms with Gasteiger partial charge in [0.15, 0.2) is 0 Å². The van der Waals surface area contributed by atoms with Crippen LogP contribution in [0.2, 0.25) is 5.02 Å². The van der Waals surface area contributed by atoms with Crippen LogP contribution >= 0.6 is 22.9 Å². The number of hydrogen-bond acceptors (Lipinski definition) is 3.